The normalized spacial score (nSPS) is 22.7. The molecular formula is C32H34ClN3O2. The lowest BCUT2D eigenvalue weighted by atomic mass is 9.87. The second-order valence-corrected chi connectivity index (χ2v) is 11.4. The zero-order valence-corrected chi connectivity index (χ0v) is 22.3. The van der Waals surface area contributed by atoms with Gasteiger partial charge in [-0.2, -0.15) is 0 Å². The van der Waals surface area contributed by atoms with Crippen molar-refractivity contribution >= 4 is 23.4 Å². The summed E-state index contributed by atoms with van der Waals surface area (Å²) in [4.78, 5) is 29.1. The van der Waals surface area contributed by atoms with E-state index in [-0.39, 0.29) is 24.4 Å². The van der Waals surface area contributed by atoms with Crippen LogP contribution in [0.5, 0.6) is 0 Å². The summed E-state index contributed by atoms with van der Waals surface area (Å²) >= 11 is 6.05. The second kappa shape index (κ2) is 10.9. The molecule has 3 aromatic rings. The van der Waals surface area contributed by atoms with Crippen molar-refractivity contribution in [2.24, 2.45) is 0 Å². The number of halogens is 1. The van der Waals surface area contributed by atoms with Gasteiger partial charge in [0, 0.05) is 29.7 Å². The molecule has 3 aromatic carbocycles. The molecule has 2 bridgehead atoms. The van der Waals surface area contributed by atoms with Crippen LogP contribution in [0.1, 0.15) is 59.4 Å². The first kappa shape index (κ1) is 25.1. The molecule has 2 saturated heterocycles. The van der Waals surface area contributed by atoms with Gasteiger partial charge in [0.2, 0.25) is 11.8 Å². The van der Waals surface area contributed by atoms with E-state index < -0.39 is 5.92 Å². The molecule has 0 spiro atoms. The summed E-state index contributed by atoms with van der Waals surface area (Å²) in [6, 6.07) is 25.6. The van der Waals surface area contributed by atoms with E-state index in [9.17, 15) is 9.59 Å². The molecule has 0 saturated carbocycles. The number of nitrogens with one attached hydrogen (secondary N) is 2. The lowest BCUT2D eigenvalue weighted by molar-refractivity contribution is -0.127. The van der Waals surface area contributed by atoms with Crippen molar-refractivity contribution in [3.8, 4) is 0 Å². The van der Waals surface area contributed by atoms with Crippen LogP contribution >= 0.6 is 11.6 Å². The first-order chi connectivity index (χ1) is 18.5. The predicted octanol–water partition coefficient (Wildman–Crippen LogP) is 5.00. The number of piperidine rings is 1. The summed E-state index contributed by atoms with van der Waals surface area (Å²) in [6.45, 7) is 0.924. The van der Waals surface area contributed by atoms with Gasteiger partial charge in [0.05, 0.1) is 12.5 Å². The molecule has 2 aliphatic heterocycles. The van der Waals surface area contributed by atoms with Gasteiger partial charge >= 0.3 is 0 Å². The zero-order chi connectivity index (χ0) is 26.1. The van der Waals surface area contributed by atoms with Crippen molar-refractivity contribution in [3.05, 3.63) is 106 Å². The molecule has 0 radical (unpaired) electrons. The first-order valence-electron chi connectivity index (χ1n) is 13.8. The van der Waals surface area contributed by atoms with Crippen LogP contribution in [0, 0.1) is 0 Å². The Morgan fingerprint density at radius 1 is 0.816 bits per heavy atom. The second-order valence-electron chi connectivity index (χ2n) is 11.0. The Morgan fingerprint density at radius 3 is 2.00 bits per heavy atom. The average molecular weight is 528 g/mol. The maximum atomic E-state index is 13.5. The minimum atomic E-state index is -0.398. The summed E-state index contributed by atoms with van der Waals surface area (Å²) < 4.78 is 0. The minimum Gasteiger partial charge on any atom is -0.352 e. The molecule has 2 amide bonds. The van der Waals surface area contributed by atoms with Crippen LogP contribution in [0.15, 0.2) is 72.8 Å². The molecule has 6 rings (SSSR count). The molecule has 38 heavy (non-hydrogen) atoms. The molecule has 2 N–H and O–H groups in total. The van der Waals surface area contributed by atoms with Gasteiger partial charge < -0.3 is 10.6 Å². The number of carbonyl (C=O) groups excluding carboxylic acids is 2. The van der Waals surface area contributed by atoms with Gasteiger partial charge in [0.15, 0.2) is 0 Å². The largest absolute Gasteiger partial charge is 0.352 e. The minimum absolute atomic E-state index is 0.0000104. The number of carbonyl (C=O) groups is 2. The molecule has 0 aromatic heterocycles. The van der Waals surface area contributed by atoms with Crippen molar-refractivity contribution in [2.75, 3.05) is 6.54 Å². The molecular weight excluding hydrogens is 494 g/mol. The molecule has 2 fully saturated rings. The van der Waals surface area contributed by atoms with E-state index in [1.54, 1.807) is 0 Å². The fourth-order valence-electron chi connectivity index (χ4n) is 6.81. The number of nitrogens with zero attached hydrogens (tertiary/aromatic N) is 1. The van der Waals surface area contributed by atoms with Gasteiger partial charge in [-0.1, -0.05) is 72.3 Å². The fourth-order valence-corrected chi connectivity index (χ4v) is 6.93. The van der Waals surface area contributed by atoms with E-state index in [4.69, 9.17) is 11.6 Å². The predicted molar refractivity (Wildman–Crippen MR) is 150 cm³/mol. The SMILES string of the molecule is O=C(CNC(=O)C1c2ccccc2CCc2ccccc21)N[C@H]1C[C@H]2CC[C@@H](C1)N2Cc1ccc(Cl)cc1. The summed E-state index contributed by atoms with van der Waals surface area (Å²) in [5, 5.41) is 6.95. The Bertz CT molecular complexity index is 1260. The standard InChI is InChI=1S/C32H34ClN3O2/c33-24-13-9-21(10-14-24)20-36-26-15-16-27(36)18-25(17-26)35-30(37)19-34-32(38)31-28-7-3-1-5-22(28)11-12-23-6-2-4-8-29(23)31/h1-10,13-14,25-27,31H,11-12,15-20H2,(H,34,38)(H,35,37)/t25-,26+,27-. The number of amides is 2. The third kappa shape index (κ3) is 5.23. The molecule has 3 aliphatic rings. The zero-order valence-electron chi connectivity index (χ0n) is 21.5. The Kier molecular flexibility index (Phi) is 7.22. The highest BCUT2D eigenvalue weighted by molar-refractivity contribution is 6.30. The number of benzene rings is 3. The van der Waals surface area contributed by atoms with Gasteiger partial charge in [0.25, 0.3) is 0 Å². The van der Waals surface area contributed by atoms with Gasteiger partial charge in [0.1, 0.15) is 0 Å². The highest BCUT2D eigenvalue weighted by Gasteiger charge is 2.41. The van der Waals surface area contributed by atoms with E-state index in [1.807, 2.05) is 36.4 Å². The van der Waals surface area contributed by atoms with Crippen molar-refractivity contribution in [1.82, 2.24) is 15.5 Å². The summed E-state index contributed by atoms with van der Waals surface area (Å²) in [5.74, 6) is -0.617. The Hall–Kier alpha value is -3.15. The highest BCUT2D eigenvalue weighted by atomic mass is 35.5. The Morgan fingerprint density at radius 2 is 1.39 bits per heavy atom. The third-order valence-electron chi connectivity index (χ3n) is 8.61. The highest BCUT2D eigenvalue weighted by Crippen LogP contribution is 2.37. The van der Waals surface area contributed by atoms with E-state index in [2.05, 4.69) is 51.9 Å². The monoisotopic (exact) mass is 527 g/mol. The quantitative estimate of drug-likeness (QED) is 0.474. The van der Waals surface area contributed by atoms with Crippen molar-refractivity contribution in [1.29, 1.82) is 0 Å². The van der Waals surface area contributed by atoms with Crippen LogP contribution < -0.4 is 10.6 Å². The summed E-state index contributed by atoms with van der Waals surface area (Å²) in [5.41, 5.74) is 5.77. The van der Waals surface area contributed by atoms with E-state index >= 15 is 0 Å². The van der Waals surface area contributed by atoms with Crippen molar-refractivity contribution in [3.63, 3.8) is 0 Å². The summed E-state index contributed by atoms with van der Waals surface area (Å²) in [6.07, 6.45) is 6.07. The van der Waals surface area contributed by atoms with Crippen LogP contribution in [0.4, 0.5) is 0 Å². The molecule has 196 valence electrons. The number of hydrogen-bond donors (Lipinski definition) is 2. The Balaban J connectivity index is 1.07. The number of hydrogen-bond acceptors (Lipinski definition) is 3. The van der Waals surface area contributed by atoms with Gasteiger partial charge in [-0.15, -0.1) is 0 Å². The van der Waals surface area contributed by atoms with Crippen LogP contribution in [0.25, 0.3) is 0 Å². The van der Waals surface area contributed by atoms with Crippen LogP contribution in [-0.2, 0) is 29.0 Å². The average Bonchev–Trinajstić information content (AvgIpc) is 3.08. The first-order valence-corrected chi connectivity index (χ1v) is 14.2. The summed E-state index contributed by atoms with van der Waals surface area (Å²) in [7, 11) is 0. The maximum Gasteiger partial charge on any atom is 0.239 e. The topological polar surface area (TPSA) is 61.4 Å². The van der Waals surface area contributed by atoms with E-state index in [1.165, 1.54) is 29.5 Å². The molecule has 0 unspecified atom stereocenters. The lowest BCUT2D eigenvalue weighted by Gasteiger charge is -2.39. The molecule has 2 heterocycles. The van der Waals surface area contributed by atoms with Gasteiger partial charge in [-0.05, 0) is 78.5 Å². The van der Waals surface area contributed by atoms with E-state index in [0.29, 0.717) is 12.1 Å². The maximum absolute atomic E-state index is 13.5. The molecule has 5 nitrogen and oxygen atoms in total. The number of fused-ring (bicyclic) bond motifs is 4. The molecule has 6 heteroatoms. The van der Waals surface area contributed by atoms with Crippen molar-refractivity contribution in [2.45, 2.75) is 69.1 Å². The lowest BCUT2D eigenvalue weighted by Crippen LogP contribution is -2.51. The Labute approximate surface area is 229 Å². The van der Waals surface area contributed by atoms with Gasteiger partial charge in [-0.3, -0.25) is 14.5 Å². The third-order valence-corrected chi connectivity index (χ3v) is 8.86. The smallest absolute Gasteiger partial charge is 0.239 e. The number of rotatable bonds is 6. The van der Waals surface area contributed by atoms with E-state index in [0.717, 1.165) is 48.4 Å². The number of aryl methyl sites for hydroxylation is 2. The van der Waals surface area contributed by atoms with Crippen LogP contribution in [0.3, 0.4) is 0 Å². The van der Waals surface area contributed by atoms with Crippen molar-refractivity contribution < 1.29 is 9.59 Å². The van der Waals surface area contributed by atoms with Crippen LogP contribution in [-0.4, -0.2) is 41.4 Å². The van der Waals surface area contributed by atoms with Crippen LogP contribution in [0.2, 0.25) is 5.02 Å². The molecule has 1 aliphatic carbocycles. The molecule has 3 atom stereocenters. The van der Waals surface area contributed by atoms with Gasteiger partial charge in [-0.25, -0.2) is 0 Å². The fraction of sp³-hybridized carbons (Fsp3) is 0.375.